The molecule has 2 rings (SSSR count). The summed E-state index contributed by atoms with van der Waals surface area (Å²) in [6.45, 7) is 10.2. The number of aromatic nitrogens is 1. The number of carbonyl (C=O) groups excluding carboxylic acids is 1. The third-order valence-electron chi connectivity index (χ3n) is 2.98. The lowest BCUT2D eigenvalue weighted by Gasteiger charge is -2.14. The molecule has 1 aromatic carbocycles. The van der Waals surface area contributed by atoms with Crippen molar-refractivity contribution >= 4 is 22.4 Å². The van der Waals surface area contributed by atoms with Gasteiger partial charge in [0.15, 0.2) is 5.13 Å². The molecule has 0 radical (unpaired) electrons. The van der Waals surface area contributed by atoms with Gasteiger partial charge in [-0.1, -0.05) is 20.8 Å². The fraction of sp³-hybridized carbons (Fsp3) is 0.412. The molecule has 0 unspecified atom stereocenters. The van der Waals surface area contributed by atoms with Gasteiger partial charge in [0.2, 0.25) is 0 Å². The van der Waals surface area contributed by atoms with Crippen molar-refractivity contribution in [1.82, 2.24) is 4.98 Å². The van der Waals surface area contributed by atoms with E-state index in [2.05, 4.69) is 31.1 Å². The quantitative estimate of drug-likeness (QED) is 0.904. The second-order valence-electron chi connectivity index (χ2n) is 6.43. The highest BCUT2D eigenvalue weighted by atomic mass is 32.1. The van der Waals surface area contributed by atoms with Crippen LogP contribution in [0.3, 0.4) is 0 Å². The van der Waals surface area contributed by atoms with Crippen molar-refractivity contribution < 1.29 is 9.53 Å². The van der Waals surface area contributed by atoms with Crippen molar-refractivity contribution in [3.63, 3.8) is 0 Å². The van der Waals surface area contributed by atoms with E-state index in [0.717, 1.165) is 11.4 Å². The van der Waals surface area contributed by atoms with Crippen LogP contribution in [0.5, 0.6) is 5.75 Å². The maximum absolute atomic E-state index is 12.2. The van der Waals surface area contributed by atoms with Crippen molar-refractivity contribution in [2.24, 2.45) is 0 Å². The van der Waals surface area contributed by atoms with Gasteiger partial charge in [-0.15, -0.1) is 11.3 Å². The van der Waals surface area contributed by atoms with Gasteiger partial charge in [0.25, 0.3) is 5.91 Å². The van der Waals surface area contributed by atoms with E-state index in [9.17, 15) is 4.79 Å². The average molecular weight is 318 g/mol. The number of hydrogen-bond donors (Lipinski definition) is 1. The lowest BCUT2D eigenvalue weighted by atomic mass is 9.93. The van der Waals surface area contributed by atoms with E-state index in [-0.39, 0.29) is 17.4 Å². The van der Waals surface area contributed by atoms with Crippen LogP contribution in [0.2, 0.25) is 0 Å². The number of nitrogens with one attached hydrogen (secondary N) is 1. The van der Waals surface area contributed by atoms with Crippen LogP contribution >= 0.6 is 11.3 Å². The van der Waals surface area contributed by atoms with E-state index >= 15 is 0 Å². The molecule has 1 heterocycles. The normalized spacial score (nSPS) is 11.5. The Morgan fingerprint density at radius 2 is 1.86 bits per heavy atom. The van der Waals surface area contributed by atoms with E-state index in [1.54, 1.807) is 24.3 Å². The van der Waals surface area contributed by atoms with Gasteiger partial charge in [-0.25, -0.2) is 4.98 Å². The molecule has 0 saturated heterocycles. The number of amides is 1. The van der Waals surface area contributed by atoms with Crippen molar-refractivity contribution in [2.75, 3.05) is 5.32 Å². The summed E-state index contributed by atoms with van der Waals surface area (Å²) in [6, 6.07) is 7.12. The van der Waals surface area contributed by atoms with Gasteiger partial charge in [0, 0.05) is 16.4 Å². The molecule has 118 valence electrons. The third kappa shape index (κ3) is 4.31. The monoisotopic (exact) mass is 318 g/mol. The standard InChI is InChI=1S/C17H22N2O2S/c1-11(2)21-13-8-6-12(7-9-13)15(20)19-16-18-14(10-22-16)17(3,4)5/h6-11H,1-5H3,(H,18,19,20). The van der Waals surface area contributed by atoms with Crippen LogP contribution in [-0.4, -0.2) is 17.0 Å². The first kappa shape index (κ1) is 16.5. The molecular formula is C17H22N2O2S. The summed E-state index contributed by atoms with van der Waals surface area (Å²) < 4.78 is 5.57. The number of rotatable bonds is 4. The molecule has 4 nitrogen and oxygen atoms in total. The Morgan fingerprint density at radius 3 is 2.36 bits per heavy atom. The topological polar surface area (TPSA) is 51.2 Å². The minimum absolute atomic E-state index is 0.0185. The molecule has 0 saturated carbocycles. The largest absolute Gasteiger partial charge is 0.491 e. The summed E-state index contributed by atoms with van der Waals surface area (Å²) in [6.07, 6.45) is 0.116. The third-order valence-corrected chi connectivity index (χ3v) is 3.74. The number of carbonyl (C=O) groups is 1. The molecule has 0 bridgehead atoms. The molecule has 0 aliphatic carbocycles. The van der Waals surface area contributed by atoms with Crippen molar-refractivity contribution in [3.05, 3.63) is 40.9 Å². The van der Waals surface area contributed by atoms with E-state index < -0.39 is 0 Å². The predicted octanol–water partition coefficient (Wildman–Crippen LogP) is 4.48. The van der Waals surface area contributed by atoms with E-state index in [1.165, 1.54) is 11.3 Å². The van der Waals surface area contributed by atoms with E-state index in [1.807, 2.05) is 19.2 Å². The van der Waals surface area contributed by atoms with E-state index in [0.29, 0.717) is 10.7 Å². The zero-order chi connectivity index (χ0) is 16.3. The average Bonchev–Trinajstić information content (AvgIpc) is 2.87. The zero-order valence-corrected chi connectivity index (χ0v) is 14.5. The molecule has 0 spiro atoms. The Morgan fingerprint density at radius 1 is 1.23 bits per heavy atom. The first-order valence-electron chi connectivity index (χ1n) is 7.30. The Balaban J connectivity index is 2.04. The van der Waals surface area contributed by atoms with Gasteiger partial charge in [-0.3, -0.25) is 10.1 Å². The van der Waals surface area contributed by atoms with Crippen LogP contribution in [0.25, 0.3) is 0 Å². The van der Waals surface area contributed by atoms with Gasteiger partial charge >= 0.3 is 0 Å². The number of thiazole rings is 1. The molecule has 0 aliphatic rings. The molecule has 1 aromatic heterocycles. The highest BCUT2D eigenvalue weighted by Crippen LogP contribution is 2.26. The molecule has 5 heteroatoms. The maximum Gasteiger partial charge on any atom is 0.257 e. The van der Waals surface area contributed by atoms with Crippen LogP contribution < -0.4 is 10.1 Å². The highest BCUT2D eigenvalue weighted by Gasteiger charge is 2.18. The van der Waals surface area contributed by atoms with Crippen LogP contribution in [0.1, 0.15) is 50.7 Å². The number of anilines is 1. The highest BCUT2D eigenvalue weighted by molar-refractivity contribution is 7.14. The second-order valence-corrected chi connectivity index (χ2v) is 7.29. The fourth-order valence-electron chi connectivity index (χ4n) is 1.80. The van der Waals surface area contributed by atoms with Crippen LogP contribution in [0.15, 0.2) is 29.6 Å². The molecular weight excluding hydrogens is 296 g/mol. The summed E-state index contributed by atoms with van der Waals surface area (Å²) in [5, 5.41) is 5.44. The Labute approximate surface area is 135 Å². The van der Waals surface area contributed by atoms with Crippen LogP contribution in [0, 0.1) is 0 Å². The minimum atomic E-state index is -0.161. The zero-order valence-electron chi connectivity index (χ0n) is 13.6. The molecule has 22 heavy (non-hydrogen) atoms. The molecule has 1 amide bonds. The number of hydrogen-bond acceptors (Lipinski definition) is 4. The Hall–Kier alpha value is -1.88. The Bertz CT molecular complexity index is 639. The van der Waals surface area contributed by atoms with Gasteiger partial charge < -0.3 is 4.74 Å². The van der Waals surface area contributed by atoms with Crippen molar-refractivity contribution in [1.29, 1.82) is 0 Å². The van der Waals surface area contributed by atoms with Gasteiger partial charge in [0.1, 0.15) is 5.75 Å². The summed E-state index contributed by atoms with van der Waals surface area (Å²) >= 11 is 1.44. The lowest BCUT2D eigenvalue weighted by molar-refractivity contribution is 0.102. The molecule has 0 fully saturated rings. The SMILES string of the molecule is CC(C)Oc1ccc(C(=O)Nc2nc(C(C)(C)C)cs2)cc1. The fourth-order valence-corrected chi connectivity index (χ4v) is 2.73. The first-order chi connectivity index (χ1) is 10.3. The molecule has 1 N–H and O–H groups in total. The first-order valence-corrected chi connectivity index (χ1v) is 8.18. The maximum atomic E-state index is 12.2. The van der Waals surface area contributed by atoms with E-state index in [4.69, 9.17) is 4.74 Å². The summed E-state index contributed by atoms with van der Waals surface area (Å²) in [5.41, 5.74) is 1.55. The van der Waals surface area contributed by atoms with Crippen molar-refractivity contribution in [2.45, 2.75) is 46.1 Å². The second kappa shape index (κ2) is 6.48. The lowest BCUT2D eigenvalue weighted by Crippen LogP contribution is -2.14. The van der Waals surface area contributed by atoms with Crippen LogP contribution in [-0.2, 0) is 5.41 Å². The number of nitrogens with zero attached hydrogens (tertiary/aromatic N) is 1. The summed E-state index contributed by atoms with van der Waals surface area (Å²) in [4.78, 5) is 16.7. The molecule has 0 atom stereocenters. The van der Waals surface area contributed by atoms with Gasteiger partial charge in [-0.05, 0) is 38.1 Å². The molecule has 2 aromatic rings. The van der Waals surface area contributed by atoms with Crippen LogP contribution in [0.4, 0.5) is 5.13 Å². The smallest absolute Gasteiger partial charge is 0.257 e. The molecule has 0 aliphatic heterocycles. The van der Waals surface area contributed by atoms with Crippen molar-refractivity contribution in [3.8, 4) is 5.75 Å². The van der Waals surface area contributed by atoms with Gasteiger partial charge in [0.05, 0.1) is 11.8 Å². The predicted molar refractivity (Wildman–Crippen MR) is 91.0 cm³/mol. The minimum Gasteiger partial charge on any atom is -0.491 e. The summed E-state index contributed by atoms with van der Waals surface area (Å²) in [7, 11) is 0. The summed E-state index contributed by atoms with van der Waals surface area (Å²) in [5.74, 6) is 0.599. The number of ether oxygens (including phenoxy) is 1. The van der Waals surface area contributed by atoms with Gasteiger partial charge in [-0.2, -0.15) is 0 Å². The Kier molecular flexibility index (Phi) is 4.86. The number of benzene rings is 1.